The van der Waals surface area contributed by atoms with Gasteiger partial charge in [-0.1, -0.05) is 30.3 Å². The summed E-state index contributed by atoms with van der Waals surface area (Å²) in [5, 5.41) is 7.72. The Labute approximate surface area is 159 Å². The SMILES string of the molecule is N=C1CCCN(C(=O)C2C(c3ccccc3-c3c(F)cccc3F)C2(F)F)C1. The summed E-state index contributed by atoms with van der Waals surface area (Å²) < 4.78 is 57.8. The maximum Gasteiger partial charge on any atom is 0.268 e. The molecule has 1 N–H and O–H groups in total. The molecule has 2 unspecified atom stereocenters. The first-order valence-electron chi connectivity index (χ1n) is 9.08. The minimum Gasteiger partial charge on any atom is -0.337 e. The molecule has 1 amide bonds. The second kappa shape index (κ2) is 6.72. The Kier molecular flexibility index (Phi) is 4.48. The predicted molar refractivity (Wildman–Crippen MR) is 96.5 cm³/mol. The molecule has 0 radical (unpaired) electrons. The molecule has 4 rings (SSSR count). The Hall–Kier alpha value is -2.70. The zero-order chi connectivity index (χ0) is 20.1. The number of benzene rings is 2. The third-order valence-electron chi connectivity index (χ3n) is 5.45. The number of carbonyl (C=O) groups is 1. The average molecular weight is 390 g/mol. The zero-order valence-corrected chi connectivity index (χ0v) is 14.9. The fourth-order valence-corrected chi connectivity index (χ4v) is 4.03. The van der Waals surface area contributed by atoms with Crippen molar-refractivity contribution in [3.8, 4) is 11.1 Å². The van der Waals surface area contributed by atoms with Gasteiger partial charge in [-0.15, -0.1) is 0 Å². The highest BCUT2D eigenvalue weighted by Crippen LogP contribution is 2.63. The Bertz CT molecular complexity index is 939. The summed E-state index contributed by atoms with van der Waals surface area (Å²) in [5.74, 6) is -8.70. The van der Waals surface area contributed by atoms with Crippen LogP contribution in [0.4, 0.5) is 17.6 Å². The minimum absolute atomic E-state index is 0.0319. The highest BCUT2D eigenvalue weighted by molar-refractivity contribution is 5.92. The molecule has 2 aliphatic rings. The van der Waals surface area contributed by atoms with E-state index in [0.29, 0.717) is 25.1 Å². The van der Waals surface area contributed by atoms with E-state index in [1.807, 2.05) is 0 Å². The van der Waals surface area contributed by atoms with Crippen LogP contribution in [-0.4, -0.2) is 35.5 Å². The summed E-state index contributed by atoms with van der Waals surface area (Å²) in [7, 11) is 0. The molecule has 2 atom stereocenters. The largest absolute Gasteiger partial charge is 0.337 e. The minimum atomic E-state index is -3.30. The predicted octanol–water partition coefficient (Wildman–Crippen LogP) is 4.62. The van der Waals surface area contributed by atoms with Gasteiger partial charge in [-0.05, 0) is 36.1 Å². The number of rotatable bonds is 3. The summed E-state index contributed by atoms with van der Waals surface area (Å²) >= 11 is 0. The summed E-state index contributed by atoms with van der Waals surface area (Å²) in [5.41, 5.74) is 0.0621. The molecule has 3 nitrogen and oxygen atoms in total. The number of carbonyl (C=O) groups excluding carboxylic acids is 1. The third kappa shape index (κ3) is 2.99. The molecule has 0 spiro atoms. The van der Waals surface area contributed by atoms with Crippen molar-refractivity contribution in [3.05, 3.63) is 59.7 Å². The van der Waals surface area contributed by atoms with Gasteiger partial charge in [0.15, 0.2) is 0 Å². The van der Waals surface area contributed by atoms with Gasteiger partial charge in [0.05, 0.1) is 18.0 Å². The molecule has 1 saturated carbocycles. The molecule has 1 aliphatic heterocycles. The van der Waals surface area contributed by atoms with E-state index in [2.05, 4.69) is 0 Å². The van der Waals surface area contributed by atoms with E-state index in [9.17, 15) is 22.4 Å². The fraction of sp³-hybridized carbons (Fsp3) is 0.333. The second-order valence-corrected chi connectivity index (χ2v) is 7.28. The van der Waals surface area contributed by atoms with Crippen molar-refractivity contribution in [2.75, 3.05) is 13.1 Å². The van der Waals surface area contributed by atoms with Gasteiger partial charge in [-0.2, -0.15) is 0 Å². The fourth-order valence-electron chi connectivity index (χ4n) is 4.03. The second-order valence-electron chi connectivity index (χ2n) is 7.28. The average Bonchev–Trinajstić information content (AvgIpc) is 3.23. The topological polar surface area (TPSA) is 44.2 Å². The van der Waals surface area contributed by atoms with E-state index >= 15 is 0 Å². The lowest BCUT2D eigenvalue weighted by molar-refractivity contribution is -0.134. The number of amides is 1. The number of alkyl halides is 2. The Morgan fingerprint density at radius 1 is 1.07 bits per heavy atom. The van der Waals surface area contributed by atoms with Crippen molar-refractivity contribution in [2.45, 2.75) is 24.7 Å². The molecule has 0 aromatic heterocycles. The lowest BCUT2D eigenvalue weighted by Gasteiger charge is -2.27. The lowest BCUT2D eigenvalue weighted by Crippen LogP contribution is -2.41. The van der Waals surface area contributed by atoms with Crippen LogP contribution in [0.15, 0.2) is 42.5 Å². The van der Waals surface area contributed by atoms with Gasteiger partial charge in [0.25, 0.3) is 5.92 Å². The van der Waals surface area contributed by atoms with Crippen LogP contribution in [0.1, 0.15) is 24.3 Å². The molecular weight excluding hydrogens is 372 g/mol. The van der Waals surface area contributed by atoms with Crippen LogP contribution in [0.2, 0.25) is 0 Å². The van der Waals surface area contributed by atoms with E-state index in [1.54, 1.807) is 0 Å². The van der Waals surface area contributed by atoms with Crippen LogP contribution in [0.5, 0.6) is 0 Å². The van der Waals surface area contributed by atoms with Crippen LogP contribution < -0.4 is 0 Å². The van der Waals surface area contributed by atoms with Gasteiger partial charge in [-0.3, -0.25) is 4.79 Å². The van der Waals surface area contributed by atoms with E-state index < -0.39 is 35.3 Å². The quantitative estimate of drug-likeness (QED) is 0.764. The van der Waals surface area contributed by atoms with Crippen LogP contribution in [0.25, 0.3) is 11.1 Å². The summed E-state index contributed by atoms with van der Waals surface area (Å²) in [6.45, 7) is 0.395. The molecule has 0 bridgehead atoms. The first kappa shape index (κ1) is 18.7. The molecule has 1 heterocycles. The molecule has 2 aromatic rings. The first-order chi connectivity index (χ1) is 13.3. The Morgan fingerprint density at radius 2 is 1.75 bits per heavy atom. The van der Waals surface area contributed by atoms with Crippen LogP contribution in [0.3, 0.4) is 0 Å². The number of hydrogen-bond donors (Lipinski definition) is 1. The van der Waals surface area contributed by atoms with Gasteiger partial charge >= 0.3 is 0 Å². The molecule has 2 aromatic carbocycles. The van der Waals surface area contributed by atoms with Gasteiger partial charge in [0.1, 0.15) is 17.6 Å². The third-order valence-corrected chi connectivity index (χ3v) is 5.45. The molecule has 1 saturated heterocycles. The number of halogens is 4. The number of nitrogens with one attached hydrogen (secondary N) is 1. The van der Waals surface area contributed by atoms with Crippen LogP contribution in [0, 0.1) is 23.0 Å². The van der Waals surface area contributed by atoms with Crippen molar-refractivity contribution in [2.24, 2.45) is 5.92 Å². The van der Waals surface area contributed by atoms with E-state index in [-0.39, 0.29) is 23.2 Å². The summed E-state index contributed by atoms with van der Waals surface area (Å²) in [6.07, 6.45) is 1.13. The maximum absolute atomic E-state index is 14.7. The normalized spacial score (nSPS) is 23.6. The van der Waals surface area contributed by atoms with Crippen LogP contribution >= 0.6 is 0 Å². The van der Waals surface area contributed by atoms with E-state index in [4.69, 9.17) is 5.41 Å². The van der Waals surface area contributed by atoms with Crippen molar-refractivity contribution in [1.82, 2.24) is 4.90 Å². The molecule has 146 valence electrons. The van der Waals surface area contributed by atoms with Gasteiger partial charge in [0.2, 0.25) is 5.91 Å². The van der Waals surface area contributed by atoms with Crippen molar-refractivity contribution in [1.29, 1.82) is 5.41 Å². The van der Waals surface area contributed by atoms with Gasteiger partial charge in [0, 0.05) is 12.3 Å². The number of hydrogen-bond acceptors (Lipinski definition) is 2. The summed E-state index contributed by atoms with van der Waals surface area (Å²) in [6, 6.07) is 9.18. The first-order valence-corrected chi connectivity index (χ1v) is 9.08. The van der Waals surface area contributed by atoms with E-state index in [1.165, 1.54) is 35.2 Å². The zero-order valence-electron chi connectivity index (χ0n) is 14.9. The standard InChI is InChI=1S/C21H18F4N2O/c22-15-8-3-9-16(23)17(15)13-6-1-2-7-14(13)18-19(21(18,24)25)20(28)27-10-4-5-12(26)11-27/h1-3,6-9,18-19,26H,4-5,10-11H2. The highest BCUT2D eigenvalue weighted by atomic mass is 19.3. The number of piperidine rings is 1. The highest BCUT2D eigenvalue weighted by Gasteiger charge is 2.73. The molecule has 28 heavy (non-hydrogen) atoms. The van der Waals surface area contributed by atoms with Crippen molar-refractivity contribution in [3.63, 3.8) is 0 Å². The molecule has 2 fully saturated rings. The van der Waals surface area contributed by atoms with E-state index in [0.717, 1.165) is 12.1 Å². The van der Waals surface area contributed by atoms with Crippen LogP contribution in [-0.2, 0) is 4.79 Å². The van der Waals surface area contributed by atoms with Crippen molar-refractivity contribution >= 4 is 11.6 Å². The Morgan fingerprint density at radius 3 is 2.43 bits per heavy atom. The Balaban J connectivity index is 1.71. The van der Waals surface area contributed by atoms with Gasteiger partial charge < -0.3 is 10.3 Å². The summed E-state index contributed by atoms with van der Waals surface area (Å²) in [4.78, 5) is 14.0. The molecule has 7 heteroatoms. The monoisotopic (exact) mass is 390 g/mol. The number of nitrogens with zero attached hydrogens (tertiary/aromatic N) is 1. The molecule has 1 aliphatic carbocycles. The van der Waals surface area contributed by atoms with Crippen molar-refractivity contribution < 1.29 is 22.4 Å². The number of likely N-dealkylation sites (tertiary alicyclic amines) is 1. The molecular formula is C21H18F4N2O. The lowest BCUT2D eigenvalue weighted by atomic mass is 9.94. The smallest absolute Gasteiger partial charge is 0.268 e. The maximum atomic E-state index is 14.7. The van der Waals surface area contributed by atoms with Gasteiger partial charge in [-0.25, -0.2) is 17.6 Å².